The molecule has 0 spiro atoms. The van der Waals surface area contributed by atoms with Gasteiger partial charge in [0, 0.05) is 23.5 Å². The molecule has 0 saturated heterocycles. The number of thioether (sulfide) groups is 1. The normalized spacial score (nSPS) is 10.6. The molecular weight excluding hydrogens is 374 g/mol. The molecule has 4 aromatic rings. The summed E-state index contributed by atoms with van der Waals surface area (Å²) in [5.74, 6) is 2.00. The van der Waals surface area contributed by atoms with Crippen LogP contribution in [-0.2, 0) is 0 Å². The largest absolute Gasteiger partial charge is 0.457 e. The smallest absolute Gasteiger partial charge is 0.277 e. The Morgan fingerprint density at radius 1 is 0.893 bits per heavy atom. The van der Waals surface area contributed by atoms with Crippen LogP contribution in [0.1, 0.15) is 10.4 Å². The zero-order chi connectivity index (χ0) is 19.2. The summed E-state index contributed by atoms with van der Waals surface area (Å²) in [4.78, 5) is 16.4. The van der Waals surface area contributed by atoms with Crippen molar-refractivity contribution in [1.82, 2.24) is 15.2 Å². The molecule has 2 aromatic carbocycles. The molecular formula is C21H15N3O3S. The molecule has 0 fully saturated rings. The standard InChI is InChI=1S/C21H15N3O3S/c25-19(14-28-21-24-23-20(27-21)16-10-12-22-13-11-16)15-6-8-18(9-7-15)26-17-4-2-1-3-5-17/h1-13H,14H2. The van der Waals surface area contributed by atoms with Gasteiger partial charge in [-0.2, -0.15) is 0 Å². The minimum absolute atomic E-state index is 0.0278. The fourth-order valence-electron chi connectivity index (χ4n) is 2.42. The summed E-state index contributed by atoms with van der Waals surface area (Å²) in [6, 6.07) is 20.1. The van der Waals surface area contributed by atoms with Crippen LogP contribution in [0.15, 0.2) is 88.8 Å². The molecule has 138 valence electrons. The van der Waals surface area contributed by atoms with E-state index < -0.39 is 0 Å². The topological polar surface area (TPSA) is 78.1 Å². The van der Waals surface area contributed by atoms with Crippen molar-refractivity contribution in [2.45, 2.75) is 5.22 Å². The van der Waals surface area contributed by atoms with Crippen LogP contribution in [-0.4, -0.2) is 26.7 Å². The number of ether oxygens (including phenoxy) is 1. The number of rotatable bonds is 7. The molecule has 4 rings (SSSR count). The predicted octanol–water partition coefficient (Wildman–Crippen LogP) is 4.90. The van der Waals surface area contributed by atoms with Gasteiger partial charge in [0.05, 0.1) is 5.75 Å². The van der Waals surface area contributed by atoms with Crippen LogP contribution in [0.4, 0.5) is 0 Å². The maximum absolute atomic E-state index is 12.4. The van der Waals surface area contributed by atoms with E-state index in [2.05, 4.69) is 15.2 Å². The maximum atomic E-state index is 12.4. The first-order valence-corrected chi connectivity index (χ1v) is 9.49. The Bertz CT molecular complexity index is 1050. The average Bonchev–Trinajstić information content (AvgIpc) is 3.23. The van der Waals surface area contributed by atoms with Gasteiger partial charge in [-0.1, -0.05) is 30.0 Å². The van der Waals surface area contributed by atoms with Gasteiger partial charge in [-0.3, -0.25) is 9.78 Å². The van der Waals surface area contributed by atoms with E-state index in [-0.39, 0.29) is 11.5 Å². The highest BCUT2D eigenvalue weighted by Gasteiger charge is 2.12. The number of hydrogen-bond donors (Lipinski definition) is 0. The second kappa shape index (κ2) is 8.49. The number of benzene rings is 2. The summed E-state index contributed by atoms with van der Waals surface area (Å²) in [7, 11) is 0. The van der Waals surface area contributed by atoms with Gasteiger partial charge in [-0.25, -0.2) is 0 Å². The van der Waals surface area contributed by atoms with Gasteiger partial charge in [-0.05, 0) is 48.5 Å². The van der Waals surface area contributed by atoms with E-state index in [1.54, 1.807) is 48.8 Å². The first-order chi connectivity index (χ1) is 13.8. The fraction of sp³-hybridized carbons (Fsp3) is 0.0476. The van der Waals surface area contributed by atoms with E-state index in [0.29, 0.717) is 22.4 Å². The SMILES string of the molecule is O=C(CSc1nnc(-c2ccncc2)o1)c1ccc(Oc2ccccc2)cc1. The van der Waals surface area contributed by atoms with Crippen LogP contribution in [0, 0.1) is 0 Å². The molecule has 28 heavy (non-hydrogen) atoms. The van der Waals surface area contributed by atoms with Crippen LogP contribution in [0.25, 0.3) is 11.5 Å². The Labute approximate surface area is 165 Å². The second-order valence-electron chi connectivity index (χ2n) is 5.76. The van der Waals surface area contributed by atoms with E-state index in [9.17, 15) is 4.79 Å². The lowest BCUT2D eigenvalue weighted by atomic mass is 10.1. The lowest BCUT2D eigenvalue weighted by molar-refractivity contribution is 0.102. The number of Topliss-reactive ketones (excluding diaryl/α,β-unsaturated/α-hetero) is 1. The predicted molar refractivity (Wildman–Crippen MR) is 106 cm³/mol. The maximum Gasteiger partial charge on any atom is 0.277 e. The number of pyridine rings is 1. The molecule has 0 bridgehead atoms. The quantitative estimate of drug-likeness (QED) is 0.329. The first kappa shape index (κ1) is 17.9. The molecule has 0 saturated carbocycles. The van der Waals surface area contributed by atoms with E-state index >= 15 is 0 Å². The number of carbonyl (C=O) groups excluding carboxylic acids is 1. The number of ketones is 1. The fourth-order valence-corrected chi connectivity index (χ4v) is 3.08. The first-order valence-electron chi connectivity index (χ1n) is 8.51. The molecule has 0 aliphatic heterocycles. The second-order valence-corrected chi connectivity index (χ2v) is 6.69. The van der Waals surface area contributed by atoms with Crippen molar-refractivity contribution < 1.29 is 13.9 Å². The molecule has 0 unspecified atom stereocenters. The zero-order valence-electron chi connectivity index (χ0n) is 14.7. The molecule has 0 atom stereocenters. The Morgan fingerprint density at radius 3 is 2.36 bits per heavy atom. The molecule has 7 heteroatoms. The highest BCUT2D eigenvalue weighted by Crippen LogP contribution is 2.24. The summed E-state index contributed by atoms with van der Waals surface area (Å²) in [5, 5.41) is 8.32. The average molecular weight is 389 g/mol. The van der Waals surface area contributed by atoms with Crippen molar-refractivity contribution >= 4 is 17.5 Å². The van der Waals surface area contributed by atoms with Gasteiger partial charge < -0.3 is 9.15 Å². The summed E-state index contributed by atoms with van der Waals surface area (Å²) < 4.78 is 11.3. The van der Waals surface area contributed by atoms with Crippen LogP contribution in [0.2, 0.25) is 0 Å². The van der Waals surface area contributed by atoms with E-state index in [0.717, 1.165) is 11.3 Å². The minimum Gasteiger partial charge on any atom is -0.457 e. The lowest BCUT2D eigenvalue weighted by Gasteiger charge is -2.06. The van der Waals surface area contributed by atoms with Crippen molar-refractivity contribution in [2.75, 3.05) is 5.75 Å². The van der Waals surface area contributed by atoms with Crippen LogP contribution >= 0.6 is 11.8 Å². The zero-order valence-corrected chi connectivity index (χ0v) is 15.5. The van der Waals surface area contributed by atoms with Gasteiger partial charge in [0.15, 0.2) is 5.78 Å². The minimum atomic E-state index is -0.0278. The van der Waals surface area contributed by atoms with Crippen LogP contribution in [0.3, 0.4) is 0 Å². The summed E-state index contributed by atoms with van der Waals surface area (Å²) in [6.07, 6.45) is 3.31. The molecule has 2 heterocycles. The van der Waals surface area contributed by atoms with Crippen molar-refractivity contribution in [3.8, 4) is 23.0 Å². The molecule has 0 N–H and O–H groups in total. The number of nitrogens with zero attached hydrogens (tertiary/aromatic N) is 3. The van der Waals surface area contributed by atoms with Crippen molar-refractivity contribution in [3.63, 3.8) is 0 Å². The molecule has 0 aliphatic carbocycles. The highest BCUT2D eigenvalue weighted by molar-refractivity contribution is 7.99. The number of hydrogen-bond acceptors (Lipinski definition) is 7. The summed E-state index contributed by atoms with van der Waals surface area (Å²) in [6.45, 7) is 0. The Hall–Kier alpha value is -3.45. The molecule has 0 amide bonds. The van der Waals surface area contributed by atoms with Crippen molar-refractivity contribution in [3.05, 3.63) is 84.7 Å². The molecule has 0 radical (unpaired) electrons. The number of aromatic nitrogens is 3. The van der Waals surface area contributed by atoms with Crippen LogP contribution in [0.5, 0.6) is 11.5 Å². The Balaban J connectivity index is 1.34. The van der Waals surface area contributed by atoms with E-state index in [1.165, 1.54) is 11.8 Å². The van der Waals surface area contributed by atoms with Crippen LogP contribution < -0.4 is 4.74 Å². The van der Waals surface area contributed by atoms with E-state index in [1.807, 2.05) is 30.3 Å². The van der Waals surface area contributed by atoms with Gasteiger partial charge in [0.2, 0.25) is 5.89 Å². The lowest BCUT2D eigenvalue weighted by Crippen LogP contribution is -2.02. The molecule has 6 nitrogen and oxygen atoms in total. The van der Waals surface area contributed by atoms with E-state index in [4.69, 9.17) is 9.15 Å². The summed E-state index contributed by atoms with van der Waals surface area (Å²) >= 11 is 1.21. The number of para-hydroxylation sites is 1. The van der Waals surface area contributed by atoms with Gasteiger partial charge in [0.25, 0.3) is 5.22 Å². The Morgan fingerprint density at radius 2 is 1.61 bits per heavy atom. The van der Waals surface area contributed by atoms with Gasteiger partial charge in [0.1, 0.15) is 11.5 Å². The highest BCUT2D eigenvalue weighted by atomic mass is 32.2. The molecule has 2 aromatic heterocycles. The van der Waals surface area contributed by atoms with Gasteiger partial charge >= 0.3 is 0 Å². The Kier molecular flexibility index (Phi) is 5.44. The third-order valence-electron chi connectivity index (χ3n) is 3.82. The monoisotopic (exact) mass is 389 g/mol. The third-order valence-corrected chi connectivity index (χ3v) is 4.63. The number of carbonyl (C=O) groups is 1. The van der Waals surface area contributed by atoms with Crippen molar-refractivity contribution in [2.24, 2.45) is 0 Å². The van der Waals surface area contributed by atoms with Crippen molar-refractivity contribution in [1.29, 1.82) is 0 Å². The third kappa shape index (κ3) is 4.44. The molecule has 0 aliphatic rings. The van der Waals surface area contributed by atoms with Gasteiger partial charge in [-0.15, -0.1) is 10.2 Å². The summed E-state index contributed by atoms with van der Waals surface area (Å²) in [5.41, 5.74) is 1.39.